The fourth-order valence-electron chi connectivity index (χ4n) is 0.785. The van der Waals surface area contributed by atoms with Crippen LogP contribution in [0, 0.1) is 0 Å². The Morgan fingerprint density at radius 2 is 2.30 bits per heavy atom. The molecule has 0 amide bonds. The quantitative estimate of drug-likeness (QED) is 0.330. The van der Waals surface area contributed by atoms with Crippen LogP contribution in [0.1, 0.15) is 1.37 Å². The van der Waals surface area contributed by atoms with E-state index in [-0.39, 0.29) is 6.61 Å². The zero-order valence-corrected chi connectivity index (χ0v) is 5.14. The second-order valence-corrected chi connectivity index (χ2v) is 2.20. The van der Waals surface area contributed by atoms with Crippen molar-refractivity contribution in [2.45, 2.75) is 18.0 Å². The number of aliphatic hydroxyl groups is 4. The maximum atomic E-state index is 9.14. The predicted octanol–water partition coefficient (Wildman–Crippen LogP) is -2.58. The van der Waals surface area contributed by atoms with Crippen LogP contribution in [0.15, 0.2) is 0 Å². The van der Waals surface area contributed by atoms with Gasteiger partial charge in [-0.2, -0.15) is 0 Å². The van der Waals surface area contributed by atoms with Crippen molar-refractivity contribution in [3.05, 3.63) is 0 Å². The van der Waals surface area contributed by atoms with Gasteiger partial charge in [-0.05, 0) is 0 Å². The summed E-state index contributed by atoms with van der Waals surface area (Å²) in [5, 5.41) is 35.6. The van der Waals surface area contributed by atoms with Gasteiger partial charge < -0.3 is 25.2 Å². The monoisotopic (exact) mass is 151 g/mol. The van der Waals surface area contributed by atoms with Gasteiger partial charge in [0.2, 0.25) is 5.79 Å². The predicted molar refractivity (Wildman–Crippen MR) is 30.0 cm³/mol. The van der Waals surface area contributed by atoms with Crippen LogP contribution in [0.25, 0.3) is 0 Å². The maximum Gasteiger partial charge on any atom is 0.218 e. The molecule has 1 heterocycles. The Labute approximate surface area is 58.9 Å². The summed E-state index contributed by atoms with van der Waals surface area (Å²) in [7, 11) is 0. The standard InChI is InChI=1S/C5H10O5/c6-2-5(9)4(8)3(7)1-10-5/h3-4,6-9H,1-2H2/t3-,4-,5?/m1/s1/i2D/t2-,3-,4-,5?. The van der Waals surface area contributed by atoms with Gasteiger partial charge in [-0.3, -0.25) is 0 Å². The molecule has 1 saturated heterocycles. The number of rotatable bonds is 1. The van der Waals surface area contributed by atoms with Gasteiger partial charge >= 0.3 is 0 Å². The Morgan fingerprint density at radius 3 is 2.50 bits per heavy atom. The van der Waals surface area contributed by atoms with Crippen molar-refractivity contribution in [1.29, 1.82) is 0 Å². The molecule has 1 aliphatic heterocycles. The third-order valence-electron chi connectivity index (χ3n) is 1.46. The van der Waals surface area contributed by atoms with E-state index in [1.807, 2.05) is 0 Å². The minimum atomic E-state index is -2.35. The van der Waals surface area contributed by atoms with Gasteiger partial charge in [0.25, 0.3) is 0 Å². The Morgan fingerprint density at radius 1 is 1.70 bits per heavy atom. The molecule has 5 heteroatoms. The Balaban J connectivity index is 2.73. The Bertz CT molecular complexity index is 152. The summed E-state index contributed by atoms with van der Waals surface area (Å²) < 4.78 is 11.1. The lowest BCUT2D eigenvalue weighted by molar-refractivity contribution is -0.234. The van der Waals surface area contributed by atoms with E-state index in [1.165, 1.54) is 0 Å². The second kappa shape index (κ2) is 2.44. The third-order valence-corrected chi connectivity index (χ3v) is 1.46. The van der Waals surface area contributed by atoms with E-state index in [4.69, 9.17) is 21.8 Å². The summed E-state index contributed by atoms with van der Waals surface area (Å²) in [6.45, 7) is -2.26. The SMILES string of the molecule is [2H][C@@H](O)C1(O)OC[C@@H](O)[C@H]1O. The summed E-state index contributed by atoms with van der Waals surface area (Å²) in [5.41, 5.74) is 0. The largest absolute Gasteiger partial charge is 0.391 e. The molecule has 4 N–H and O–H groups in total. The molecular formula is C5H10O5. The molecule has 1 unspecified atom stereocenters. The molecule has 1 rings (SSSR count). The summed E-state index contributed by atoms with van der Waals surface area (Å²) in [6.07, 6.45) is -2.88. The van der Waals surface area contributed by atoms with Crippen molar-refractivity contribution in [2.75, 3.05) is 13.2 Å². The first-order chi connectivity index (χ1) is 4.98. The first-order valence-electron chi connectivity index (χ1n) is 3.39. The average Bonchev–Trinajstić information content (AvgIpc) is 2.18. The third kappa shape index (κ3) is 1.02. The molecule has 0 aromatic heterocycles. The van der Waals surface area contributed by atoms with E-state index >= 15 is 0 Å². The van der Waals surface area contributed by atoms with Gasteiger partial charge in [-0.25, -0.2) is 0 Å². The van der Waals surface area contributed by atoms with E-state index in [0.29, 0.717) is 0 Å². The Hall–Kier alpha value is -0.200. The highest BCUT2D eigenvalue weighted by Gasteiger charge is 2.47. The summed E-state index contributed by atoms with van der Waals surface area (Å²) in [5.74, 6) is -2.35. The van der Waals surface area contributed by atoms with Gasteiger partial charge in [0.15, 0.2) is 0 Å². The molecule has 0 spiro atoms. The lowest BCUT2D eigenvalue weighted by Crippen LogP contribution is -2.46. The number of aliphatic hydroxyl groups excluding tert-OH is 3. The van der Waals surface area contributed by atoms with Gasteiger partial charge in [0, 0.05) is 0 Å². The smallest absolute Gasteiger partial charge is 0.218 e. The summed E-state index contributed by atoms with van der Waals surface area (Å²) in [4.78, 5) is 0. The number of hydrogen-bond acceptors (Lipinski definition) is 5. The van der Waals surface area contributed by atoms with Crippen molar-refractivity contribution >= 4 is 0 Å². The highest BCUT2D eigenvalue weighted by molar-refractivity contribution is 4.88. The van der Waals surface area contributed by atoms with Gasteiger partial charge in [0.1, 0.15) is 12.2 Å². The van der Waals surface area contributed by atoms with Gasteiger partial charge in [-0.1, -0.05) is 0 Å². The molecule has 0 radical (unpaired) electrons. The van der Waals surface area contributed by atoms with Crippen LogP contribution in [0.2, 0.25) is 0 Å². The number of hydrogen-bond donors (Lipinski definition) is 4. The Kier molecular flexibility index (Phi) is 1.59. The molecule has 60 valence electrons. The van der Waals surface area contributed by atoms with E-state index < -0.39 is 24.6 Å². The fourth-order valence-corrected chi connectivity index (χ4v) is 0.785. The fraction of sp³-hybridized carbons (Fsp3) is 1.00. The number of ether oxygens (including phenoxy) is 1. The van der Waals surface area contributed by atoms with Crippen molar-refractivity contribution < 1.29 is 26.5 Å². The van der Waals surface area contributed by atoms with Crippen LogP contribution < -0.4 is 0 Å². The summed E-state index contributed by atoms with van der Waals surface area (Å²) >= 11 is 0. The van der Waals surface area contributed by atoms with Crippen LogP contribution in [-0.4, -0.2) is 51.6 Å². The lowest BCUT2D eigenvalue weighted by atomic mass is 10.1. The van der Waals surface area contributed by atoms with Crippen LogP contribution >= 0.6 is 0 Å². The second-order valence-electron chi connectivity index (χ2n) is 2.20. The minimum absolute atomic E-state index is 0.284. The first-order valence-corrected chi connectivity index (χ1v) is 2.81. The van der Waals surface area contributed by atoms with Crippen molar-refractivity contribution in [3.63, 3.8) is 0 Å². The van der Waals surface area contributed by atoms with E-state index in [2.05, 4.69) is 4.74 Å². The highest BCUT2D eigenvalue weighted by Crippen LogP contribution is 2.22. The van der Waals surface area contributed by atoms with E-state index in [9.17, 15) is 0 Å². The molecule has 0 aromatic rings. The van der Waals surface area contributed by atoms with Crippen LogP contribution in [-0.2, 0) is 4.74 Å². The maximum absolute atomic E-state index is 9.14. The zero-order chi connectivity index (χ0) is 8.65. The molecule has 0 aromatic carbocycles. The van der Waals surface area contributed by atoms with Crippen molar-refractivity contribution in [1.82, 2.24) is 0 Å². The van der Waals surface area contributed by atoms with Crippen molar-refractivity contribution in [2.24, 2.45) is 0 Å². The molecule has 1 aliphatic rings. The van der Waals surface area contributed by atoms with Crippen LogP contribution in [0.4, 0.5) is 0 Å². The van der Waals surface area contributed by atoms with Crippen LogP contribution in [0.3, 0.4) is 0 Å². The normalized spacial score (nSPS) is 52.6. The van der Waals surface area contributed by atoms with Crippen molar-refractivity contribution in [3.8, 4) is 0 Å². The average molecular weight is 151 g/mol. The molecule has 0 aliphatic carbocycles. The molecule has 5 nitrogen and oxygen atoms in total. The van der Waals surface area contributed by atoms with Gasteiger partial charge in [0.05, 0.1) is 14.6 Å². The first kappa shape index (κ1) is 6.51. The van der Waals surface area contributed by atoms with Gasteiger partial charge in [-0.15, -0.1) is 0 Å². The summed E-state index contributed by atoms with van der Waals surface area (Å²) in [6, 6.07) is 0. The molecular weight excluding hydrogens is 140 g/mol. The molecule has 0 bridgehead atoms. The van der Waals surface area contributed by atoms with E-state index in [1.54, 1.807) is 0 Å². The highest BCUT2D eigenvalue weighted by atomic mass is 16.7. The molecule has 1 fully saturated rings. The zero-order valence-electron chi connectivity index (χ0n) is 6.14. The molecule has 10 heavy (non-hydrogen) atoms. The minimum Gasteiger partial charge on any atom is -0.391 e. The molecule has 4 atom stereocenters. The lowest BCUT2D eigenvalue weighted by Gasteiger charge is -2.22. The molecule has 0 saturated carbocycles. The van der Waals surface area contributed by atoms with E-state index in [0.717, 1.165) is 0 Å². The van der Waals surface area contributed by atoms with Crippen LogP contribution in [0.5, 0.6) is 0 Å². The topological polar surface area (TPSA) is 90.2 Å².